The number of rotatable bonds is 1. The number of nitrogens with zero attached hydrogens (tertiary/aromatic N) is 3. The summed E-state index contributed by atoms with van der Waals surface area (Å²) in [5.41, 5.74) is 2.13. The van der Waals surface area contributed by atoms with Gasteiger partial charge in [0, 0.05) is 0 Å². The van der Waals surface area contributed by atoms with E-state index < -0.39 is 0 Å². The summed E-state index contributed by atoms with van der Waals surface area (Å²) < 4.78 is 1.47. The first-order valence-corrected chi connectivity index (χ1v) is 7.39. The van der Waals surface area contributed by atoms with E-state index in [1.807, 2.05) is 13.8 Å². The monoisotopic (exact) mass is 327 g/mol. The van der Waals surface area contributed by atoms with Crippen LogP contribution >= 0.6 is 0 Å². The molecule has 0 aromatic rings. The summed E-state index contributed by atoms with van der Waals surface area (Å²) in [6.45, 7) is 11.2. The van der Waals surface area contributed by atoms with Crippen LogP contribution in [-0.4, -0.2) is 42.3 Å². The van der Waals surface area contributed by atoms with Gasteiger partial charge in [-0.05, 0) is 13.8 Å². The van der Waals surface area contributed by atoms with Gasteiger partial charge in [0.15, 0.2) is 0 Å². The summed E-state index contributed by atoms with van der Waals surface area (Å²) in [5.74, 6) is 0. The van der Waals surface area contributed by atoms with Gasteiger partial charge in [-0.25, -0.2) is 0 Å². The van der Waals surface area contributed by atoms with Crippen LogP contribution in [0.25, 0.3) is 16.0 Å². The molecular formula is C17H33N3Ti. The van der Waals surface area contributed by atoms with Crippen molar-refractivity contribution < 1.29 is 20.4 Å². The van der Waals surface area contributed by atoms with Crippen LogP contribution in [0.4, 0.5) is 0 Å². The number of allylic oxidation sites excluding steroid dienone is 6. The Hall–Kier alpha value is -0.446. The molecule has 3 nitrogen and oxygen atoms in total. The summed E-state index contributed by atoms with van der Waals surface area (Å²) in [4.78, 5) is 0. The molecule has 0 spiro atoms. The van der Waals surface area contributed by atoms with Crippen LogP contribution < -0.4 is 0 Å². The average Bonchev–Trinajstić information content (AvgIpc) is 2.84. The van der Waals surface area contributed by atoms with E-state index in [4.69, 9.17) is 0 Å². The molecule has 0 unspecified atom stereocenters. The first kappa shape index (κ1) is 28.7. The van der Waals surface area contributed by atoms with Crippen molar-refractivity contribution in [3.8, 4) is 0 Å². The van der Waals surface area contributed by atoms with Crippen molar-refractivity contribution in [2.75, 3.05) is 42.3 Å². The van der Waals surface area contributed by atoms with Gasteiger partial charge in [0.25, 0.3) is 0 Å². The number of hydrogen-bond donors (Lipinski definition) is 0. The second-order valence-corrected chi connectivity index (χ2v) is 5.23. The zero-order chi connectivity index (χ0) is 17.7. The fraction of sp³-hybridized carbons (Fsp3) is 0.529. The Labute approximate surface area is 145 Å². The second kappa shape index (κ2) is 27.8. The van der Waals surface area contributed by atoms with Crippen LogP contribution in [0.3, 0.4) is 0 Å². The van der Waals surface area contributed by atoms with Gasteiger partial charge in [-0.1, -0.05) is 24.3 Å². The summed E-state index contributed by atoms with van der Waals surface area (Å²) >= 11 is 2.14. The molecule has 0 N–H and O–H groups in total. The third-order valence-corrected chi connectivity index (χ3v) is 2.08. The van der Waals surface area contributed by atoms with E-state index in [9.17, 15) is 0 Å². The summed E-state index contributed by atoms with van der Waals surface area (Å²) in [5, 5.41) is 10.5. The topological polar surface area (TPSA) is 42.3 Å². The van der Waals surface area contributed by atoms with Crippen molar-refractivity contribution in [3.05, 3.63) is 62.4 Å². The van der Waals surface area contributed by atoms with Crippen LogP contribution in [0.15, 0.2) is 46.4 Å². The molecule has 0 bridgehead atoms. The van der Waals surface area contributed by atoms with Gasteiger partial charge in [-0.3, -0.25) is 0 Å². The molecule has 0 saturated carbocycles. The van der Waals surface area contributed by atoms with E-state index in [-0.39, 0.29) is 0 Å². The maximum atomic E-state index is 3.66. The molecular weight excluding hydrogens is 294 g/mol. The molecule has 21 heavy (non-hydrogen) atoms. The zero-order valence-electron chi connectivity index (χ0n) is 15.2. The van der Waals surface area contributed by atoms with Gasteiger partial charge in [0.1, 0.15) is 0 Å². The van der Waals surface area contributed by atoms with E-state index in [0.29, 0.717) is 0 Å². The van der Waals surface area contributed by atoms with Gasteiger partial charge in [-0.2, -0.15) is 42.3 Å². The van der Waals surface area contributed by atoms with Crippen LogP contribution in [0.5, 0.6) is 0 Å². The van der Waals surface area contributed by atoms with Crippen LogP contribution in [-0.2, 0) is 20.4 Å². The molecule has 4 heteroatoms. The second-order valence-electron chi connectivity index (χ2n) is 4.23. The van der Waals surface area contributed by atoms with Crippen molar-refractivity contribution in [2.45, 2.75) is 20.3 Å². The number of hydrogen-bond acceptors (Lipinski definition) is 0. The van der Waals surface area contributed by atoms with Gasteiger partial charge in [0.2, 0.25) is 0 Å². The molecule has 1 rings (SSSR count). The molecule has 0 atom stereocenters. The maximum absolute atomic E-state index is 3.66. The Kier molecular flexibility index (Phi) is 38.0. The minimum absolute atomic E-state index is 1.06. The molecule has 1 aliphatic rings. The normalized spacial score (nSPS) is 10.1. The third-order valence-electron chi connectivity index (χ3n) is 1.50. The van der Waals surface area contributed by atoms with E-state index in [0.717, 1.165) is 11.1 Å². The van der Waals surface area contributed by atoms with Crippen LogP contribution in [0.1, 0.15) is 20.3 Å². The van der Waals surface area contributed by atoms with E-state index in [2.05, 4.69) is 67.8 Å². The molecule has 0 radical (unpaired) electrons. The van der Waals surface area contributed by atoms with E-state index >= 15 is 0 Å². The van der Waals surface area contributed by atoms with Crippen LogP contribution in [0, 0.1) is 0 Å². The Morgan fingerprint density at radius 1 is 0.905 bits per heavy atom. The molecule has 0 amide bonds. The fourth-order valence-electron chi connectivity index (χ4n) is 0.447. The van der Waals surface area contributed by atoms with Gasteiger partial charge in [0.05, 0.1) is 0 Å². The third kappa shape index (κ3) is 54.1. The van der Waals surface area contributed by atoms with Gasteiger partial charge >= 0.3 is 49.0 Å². The Morgan fingerprint density at radius 3 is 1.24 bits per heavy atom. The molecule has 120 valence electrons. The van der Waals surface area contributed by atoms with Gasteiger partial charge in [-0.15, -0.1) is 0 Å². The van der Waals surface area contributed by atoms with Crippen LogP contribution in [0.2, 0.25) is 0 Å². The predicted molar refractivity (Wildman–Crippen MR) is 97.1 cm³/mol. The molecule has 1 aliphatic carbocycles. The van der Waals surface area contributed by atoms with Crippen molar-refractivity contribution in [1.82, 2.24) is 0 Å². The summed E-state index contributed by atoms with van der Waals surface area (Å²) in [6, 6.07) is 0. The fourth-order valence-corrected chi connectivity index (χ4v) is 0.782. The Morgan fingerprint density at radius 2 is 1.19 bits per heavy atom. The molecule has 0 saturated heterocycles. The summed E-state index contributed by atoms with van der Waals surface area (Å²) in [6.07, 6.45) is 7.56. The molecule has 0 heterocycles. The predicted octanol–water partition coefficient (Wildman–Crippen LogP) is 5.37. The van der Waals surface area contributed by atoms with Crippen molar-refractivity contribution in [3.63, 3.8) is 0 Å². The van der Waals surface area contributed by atoms with Crippen molar-refractivity contribution in [2.24, 2.45) is 0 Å². The SMILES string of the molecule is C=C(C)C(=C)C.C[N-]C.C[N-]C.C[N-]C.[Ti+3][C]1=CC=CC1. The minimum atomic E-state index is 1.06. The first-order valence-electron chi connectivity index (χ1n) is 6.61. The van der Waals surface area contributed by atoms with Gasteiger partial charge < -0.3 is 16.0 Å². The molecule has 0 aliphatic heterocycles. The molecule has 0 fully saturated rings. The Balaban J connectivity index is -0.0000000907. The standard InChI is InChI=1S/C6H10.C5H5.3C2H6N.Ti/c1-5(2)6(3)4;1-2-4-5-3-1;3*1-3-2;/h1,3H2,2,4H3;1-3H,4H2;3*1-2H3;/q;;3*-1;+3. The van der Waals surface area contributed by atoms with E-state index in [1.54, 1.807) is 42.3 Å². The van der Waals surface area contributed by atoms with E-state index in [1.165, 1.54) is 10.3 Å². The Bertz CT molecular complexity index is 265. The van der Waals surface area contributed by atoms with Crippen molar-refractivity contribution in [1.29, 1.82) is 0 Å². The molecule has 0 aromatic heterocycles. The molecule has 0 aromatic carbocycles. The quantitative estimate of drug-likeness (QED) is 0.459. The summed E-state index contributed by atoms with van der Waals surface area (Å²) in [7, 11) is 10.5. The first-order chi connectivity index (χ1) is 9.78. The van der Waals surface area contributed by atoms with Crippen molar-refractivity contribution >= 4 is 0 Å². The zero-order valence-corrected chi connectivity index (χ0v) is 16.8. The average molecular weight is 327 g/mol.